The maximum absolute atomic E-state index is 6.09. The van der Waals surface area contributed by atoms with E-state index in [0.29, 0.717) is 5.82 Å². The van der Waals surface area contributed by atoms with Gasteiger partial charge in [-0.3, -0.25) is 5.10 Å². The summed E-state index contributed by atoms with van der Waals surface area (Å²) in [4.78, 5) is 0. The molecule has 106 valence electrons. The highest BCUT2D eigenvalue weighted by atomic mass is 79.9. The zero-order chi connectivity index (χ0) is 14.8. The Morgan fingerprint density at radius 3 is 2.71 bits per heavy atom. The second kappa shape index (κ2) is 5.74. The van der Waals surface area contributed by atoms with Crippen molar-refractivity contribution in [2.45, 2.75) is 13.3 Å². The monoisotopic (exact) mass is 341 g/mol. The maximum Gasteiger partial charge on any atom is 0.153 e. The number of rotatable bonds is 3. The molecular weight excluding hydrogens is 326 g/mol. The number of halogens is 1. The van der Waals surface area contributed by atoms with E-state index in [0.717, 1.165) is 33.3 Å². The molecular formula is C17H16BrN3. The van der Waals surface area contributed by atoms with Gasteiger partial charge >= 0.3 is 0 Å². The molecule has 1 aromatic heterocycles. The summed E-state index contributed by atoms with van der Waals surface area (Å²) in [5.41, 5.74) is 11.5. The number of H-pyrrole nitrogens is 1. The van der Waals surface area contributed by atoms with E-state index in [4.69, 9.17) is 5.73 Å². The number of aromatic nitrogens is 2. The van der Waals surface area contributed by atoms with Gasteiger partial charge in [0.1, 0.15) is 0 Å². The summed E-state index contributed by atoms with van der Waals surface area (Å²) in [6.07, 6.45) is 0.965. The molecule has 21 heavy (non-hydrogen) atoms. The lowest BCUT2D eigenvalue weighted by molar-refractivity contribution is 1.09. The summed E-state index contributed by atoms with van der Waals surface area (Å²) in [5, 5.41) is 7.30. The third-order valence-corrected chi connectivity index (χ3v) is 4.07. The van der Waals surface area contributed by atoms with Crippen LogP contribution in [-0.4, -0.2) is 10.2 Å². The number of hydrogen-bond donors (Lipinski definition) is 2. The molecule has 0 radical (unpaired) electrons. The van der Waals surface area contributed by atoms with Crippen LogP contribution in [0.15, 0.2) is 53.0 Å². The predicted octanol–water partition coefficient (Wildman–Crippen LogP) is 4.65. The van der Waals surface area contributed by atoms with Crippen LogP contribution in [0.25, 0.3) is 22.4 Å². The van der Waals surface area contributed by atoms with Crippen molar-refractivity contribution in [2.24, 2.45) is 0 Å². The van der Waals surface area contributed by atoms with Crippen molar-refractivity contribution in [1.82, 2.24) is 10.2 Å². The van der Waals surface area contributed by atoms with Gasteiger partial charge in [-0.25, -0.2) is 0 Å². The van der Waals surface area contributed by atoms with Crippen LogP contribution < -0.4 is 5.73 Å². The van der Waals surface area contributed by atoms with Gasteiger partial charge in [0.25, 0.3) is 0 Å². The molecule has 0 unspecified atom stereocenters. The molecule has 0 saturated carbocycles. The third kappa shape index (κ3) is 2.59. The van der Waals surface area contributed by atoms with Crippen molar-refractivity contribution in [1.29, 1.82) is 0 Å². The quantitative estimate of drug-likeness (QED) is 0.728. The highest BCUT2D eigenvalue weighted by Crippen LogP contribution is 2.37. The Kier molecular flexibility index (Phi) is 3.80. The van der Waals surface area contributed by atoms with E-state index in [1.807, 2.05) is 24.3 Å². The molecule has 3 rings (SSSR count). The topological polar surface area (TPSA) is 54.7 Å². The summed E-state index contributed by atoms with van der Waals surface area (Å²) in [6, 6.07) is 16.4. The maximum atomic E-state index is 6.09. The number of nitrogens with zero attached hydrogens (tertiary/aromatic N) is 1. The molecule has 3 N–H and O–H groups in total. The van der Waals surface area contributed by atoms with Gasteiger partial charge in [0.15, 0.2) is 5.82 Å². The highest BCUT2D eigenvalue weighted by Gasteiger charge is 2.16. The fourth-order valence-corrected chi connectivity index (χ4v) is 2.96. The van der Waals surface area contributed by atoms with E-state index in [-0.39, 0.29) is 0 Å². The van der Waals surface area contributed by atoms with Crippen LogP contribution >= 0.6 is 15.9 Å². The molecule has 0 atom stereocenters. The lowest BCUT2D eigenvalue weighted by Gasteiger charge is -2.09. The van der Waals surface area contributed by atoms with Crippen molar-refractivity contribution in [2.75, 3.05) is 5.73 Å². The second-order valence-corrected chi connectivity index (χ2v) is 5.80. The Morgan fingerprint density at radius 1 is 1.14 bits per heavy atom. The molecule has 2 aromatic carbocycles. The van der Waals surface area contributed by atoms with Gasteiger partial charge in [-0.2, -0.15) is 5.10 Å². The summed E-state index contributed by atoms with van der Waals surface area (Å²) in [5.74, 6) is 0.522. The first kappa shape index (κ1) is 13.9. The molecule has 4 heteroatoms. The lowest BCUT2D eigenvalue weighted by Crippen LogP contribution is -1.91. The number of nitrogens with one attached hydrogen (secondary N) is 1. The standard InChI is InChI=1S/C17H16BrN3/c1-2-11-6-3-4-9-14(11)16-15(17(19)21-20-16)12-7-5-8-13(18)10-12/h3-10H,2H2,1H3,(H3,19,20,21). The number of nitrogens with two attached hydrogens (primary N) is 1. The van der Waals surface area contributed by atoms with Gasteiger partial charge in [-0.15, -0.1) is 0 Å². The van der Waals surface area contributed by atoms with Crippen LogP contribution in [0.5, 0.6) is 0 Å². The first-order chi connectivity index (χ1) is 10.2. The minimum absolute atomic E-state index is 0.522. The van der Waals surface area contributed by atoms with Gasteiger partial charge in [-0.05, 0) is 29.7 Å². The van der Waals surface area contributed by atoms with E-state index < -0.39 is 0 Å². The molecule has 0 bridgehead atoms. The van der Waals surface area contributed by atoms with Gasteiger partial charge in [0, 0.05) is 10.0 Å². The van der Waals surface area contributed by atoms with E-state index in [1.54, 1.807) is 0 Å². The minimum atomic E-state index is 0.522. The summed E-state index contributed by atoms with van der Waals surface area (Å²) in [7, 11) is 0. The Hall–Kier alpha value is -2.07. The van der Waals surface area contributed by atoms with E-state index >= 15 is 0 Å². The number of benzene rings is 2. The Bertz CT molecular complexity index is 777. The van der Waals surface area contributed by atoms with Crippen LogP contribution in [0, 0.1) is 0 Å². The molecule has 0 aliphatic heterocycles. The molecule has 0 saturated heterocycles. The molecule has 0 spiro atoms. The fourth-order valence-electron chi connectivity index (χ4n) is 2.56. The second-order valence-electron chi connectivity index (χ2n) is 4.88. The van der Waals surface area contributed by atoms with Crippen molar-refractivity contribution in [3.05, 3.63) is 58.6 Å². The summed E-state index contributed by atoms with van der Waals surface area (Å²) < 4.78 is 1.02. The average Bonchev–Trinajstić information content (AvgIpc) is 2.88. The SMILES string of the molecule is CCc1ccccc1-c1[nH]nc(N)c1-c1cccc(Br)c1. The predicted molar refractivity (Wildman–Crippen MR) is 91.0 cm³/mol. The number of aromatic amines is 1. The normalized spacial score (nSPS) is 10.8. The molecule has 0 amide bonds. The van der Waals surface area contributed by atoms with Crippen LogP contribution in [0.4, 0.5) is 5.82 Å². The van der Waals surface area contributed by atoms with E-state index in [2.05, 4.69) is 57.3 Å². The fraction of sp³-hybridized carbons (Fsp3) is 0.118. The summed E-state index contributed by atoms with van der Waals surface area (Å²) >= 11 is 3.51. The van der Waals surface area contributed by atoms with Crippen molar-refractivity contribution >= 4 is 21.7 Å². The Labute approximate surface area is 132 Å². The van der Waals surface area contributed by atoms with Gasteiger partial charge in [0.05, 0.1) is 11.3 Å². The average molecular weight is 342 g/mol. The van der Waals surface area contributed by atoms with Crippen molar-refractivity contribution < 1.29 is 0 Å². The van der Waals surface area contributed by atoms with Crippen molar-refractivity contribution in [3.8, 4) is 22.4 Å². The van der Waals surface area contributed by atoms with Crippen LogP contribution in [0.3, 0.4) is 0 Å². The Morgan fingerprint density at radius 2 is 1.95 bits per heavy atom. The summed E-state index contributed by atoms with van der Waals surface area (Å²) in [6.45, 7) is 2.15. The molecule has 3 aromatic rings. The van der Waals surface area contributed by atoms with Gasteiger partial charge in [0.2, 0.25) is 0 Å². The number of aryl methyl sites for hydroxylation is 1. The molecule has 1 heterocycles. The van der Waals surface area contributed by atoms with Gasteiger partial charge < -0.3 is 5.73 Å². The number of anilines is 1. The minimum Gasteiger partial charge on any atom is -0.382 e. The molecule has 3 nitrogen and oxygen atoms in total. The number of nitrogen functional groups attached to an aromatic ring is 1. The zero-order valence-electron chi connectivity index (χ0n) is 11.7. The van der Waals surface area contributed by atoms with E-state index in [1.165, 1.54) is 5.56 Å². The van der Waals surface area contributed by atoms with Crippen LogP contribution in [0.2, 0.25) is 0 Å². The van der Waals surface area contributed by atoms with Crippen LogP contribution in [0.1, 0.15) is 12.5 Å². The van der Waals surface area contributed by atoms with Crippen molar-refractivity contribution in [3.63, 3.8) is 0 Å². The lowest BCUT2D eigenvalue weighted by atomic mass is 9.96. The zero-order valence-corrected chi connectivity index (χ0v) is 13.3. The largest absolute Gasteiger partial charge is 0.382 e. The molecule has 0 aliphatic rings. The Balaban J connectivity index is 2.22. The highest BCUT2D eigenvalue weighted by molar-refractivity contribution is 9.10. The molecule has 0 aliphatic carbocycles. The smallest absolute Gasteiger partial charge is 0.153 e. The first-order valence-corrected chi connectivity index (χ1v) is 7.68. The molecule has 0 fully saturated rings. The number of hydrogen-bond acceptors (Lipinski definition) is 2. The first-order valence-electron chi connectivity index (χ1n) is 6.88. The third-order valence-electron chi connectivity index (χ3n) is 3.58. The van der Waals surface area contributed by atoms with E-state index in [9.17, 15) is 0 Å². The van der Waals surface area contributed by atoms with Crippen LogP contribution in [-0.2, 0) is 6.42 Å². The van der Waals surface area contributed by atoms with Gasteiger partial charge in [-0.1, -0.05) is 59.3 Å².